The standard InChI is InChI=1S/C13H18N6O/c1-9-8-18(4-5-20-9)13-6-11(10(14)7-16-13)19-12(15)2-3-17-19/h2-3,6-7,9H,4-5,8,14-15H2,1H3/t9-/m0/s1. The van der Waals surface area contributed by atoms with E-state index in [1.165, 1.54) is 0 Å². The Hall–Kier alpha value is -2.28. The fourth-order valence-electron chi connectivity index (χ4n) is 2.34. The summed E-state index contributed by atoms with van der Waals surface area (Å²) in [5.74, 6) is 1.41. The predicted octanol–water partition coefficient (Wildman–Crippen LogP) is 0.657. The summed E-state index contributed by atoms with van der Waals surface area (Å²) in [6.45, 7) is 4.38. The summed E-state index contributed by atoms with van der Waals surface area (Å²) in [7, 11) is 0. The van der Waals surface area contributed by atoms with Crippen LogP contribution < -0.4 is 16.4 Å². The van der Waals surface area contributed by atoms with Crippen LogP contribution in [0, 0.1) is 0 Å². The molecule has 0 aliphatic carbocycles. The summed E-state index contributed by atoms with van der Waals surface area (Å²) in [5.41, 5.74) is 13.2. The Morgan fingerprint density at radius 3 is 2.95 bits per heavy atom. The van der Waals surface area contributed by atoms with Crippen LogP contribution in [0.4, 0.5) is 17.3 Å². The minimum atomic E-state index is 0.196. The number of morpholine rings is 1. The Labute approximate surface area is 117 Å². The fourth-order valence-corrected chi connectivity index (χ4v) is 2.34. The first kappa shape index (κ1) is 12.7. The zero-order chi connectivity index (χ0) is 14.1. The van der Waals surface area contributed by atoms with E-state index in [-0.39, 0.29) is 6.10 Å². The molecule has 0 amide bonds. The number of rotatable bonds is 2. The third kappa shape index (κ3) is 2.27. The van der Waals surface area contributed by atoms with Gasteiger partial charge in [0.05, 0.1) is 36.5 Å². The molecule has 0 aromatic carbocycles. The van der Waals surface area contributed by atoms with Crippen molar-refractivity contribution in [3.63, 3.8) is 0 Å². The van der Waals surface area contributed by atoms with Crippen LogP contribution in [0.1, 0.15) is 6.92 Å². The van der Waals surface area contributed by atoms with Gasteiger partial charge in [0.2, 0.25) is 0 Å². The molecule has 3 heterocycles. The first-order chi connectivity index (χ1) is 9.65. The molecule has 0 spiro atoms. The van der Waals surface area contributed by atoms with Gasteiger partial charge in [0.25, 0.3) is 0 Å². The van der Waals surface area contributed by atoms with E-state index >= 15 is 0 Å². The average molecular weight is 274 g/mol. The zero-order valence-electron chi connectivity index (χ0n) is 11.4. The van der Waals surface area contributed by atoms with Gasteiger partial charge in [-0.05, 0) is 6.92 Å². The van der Waals surface area contributed by atoms with Crippen LogP contribution in [0.5, 0.6) is 0 Å². The SMILES string of the molecule is C[C@H]1CN(c2cc(-n3nccc3N)c(N)cn2)CCO1. The van der Waals surface area contributed by atoms with Crippen molar-refractivity contribution in [2.45, 2.75) is 13.0 Å². The summed E-state index contributed by atoms with van der Waals surface area (Å²) in [5, 5.41) is 4.19. The van der Waals surface area contributed by atoms with E-state index in [0.717, 1.165) is 24.6 Å². The van der Waals surface area contributed by atoms with Gasteiger partial charge in [-0.25, -0.2) is 9.67 Å². The van der Waals surface area contributed by atoms with Crippen molar-refractivity contribution in [3.05, 3.63) is 24.5 Å². The lowest BCUT2D eigenvalue weighted by Gasteiger charge is -2.32. The van der Waals surface area contributed by atoms with Crippen molar-refractivity contribution in [1.29, 1.82) is 0 Å². The summed E-state index contributed by atoms with van der Waals surface area (Å²) in [4.78, 5) is 6.58. The maximum Gasteiger partial charge on any atom is 0.130 e. The van der Waals surface area contributed by atoms with Crippen molar-refractivity contribution in [2.24, 2.45) is 0 Å². The van der Waals surface area contributed by atoms with Crippen LogP contribution in [0.15, 0.2) is 24.5 Å². The van der Waals surface area contributed by atoms with Crippen molar-refractivity contribution < 1.29 is 4.74 Å². The first-order valence-electron chi connectivity index (χ1n) is 6.57. The molecule has 2 aromatic rings. The number of pyridine rings is 1. The van der Waals surface area contributed by atoms with Gasteiger partial charge in [0.15, 0.2) is 0 Å². The van der Waals surface area contributed by atoms with Crippen LogP contribution >= 0.6 is 0 Å². The summed E-state index contributed by atoms with van der Waals surface area (Å²) < 4.78 is 7.16. The highest BCUT2D eigenvalue weighted by atomic mass is 16.5. The van der Waals surface area contributed by atoms with Crippen LogP contribution in [0.25, 0.3) is 5.69 Å². The predicted molar refractivity (Wildman–Crippen MR) is 77.8 cm³/mol. The Kier molecular flexibility index (Phi) is 3.19. The number of hydrogen-bond acceptors (Lipinski definition) is 6. The highest BCUT2D eigenvalue weighted by Crippen LogP contribution is 2.24. The van der Waals surface area contributed by atoms with Crippen LogP contribution in [-0.4, -0.2) is 40.6 Å². The number of aromatic nitrogens is 3. The van der Waals surface area contributed by atoms with Crippen LogP contribution in [0.3, 0.4) is 0 Å². The maximum absolute atomic E-state index is 5.98. The molecule has 0 unspecified atom stereocenters. The first-order valence-corrected chi connectivity index (χ1v) is 6.57. The highest BCUT2D eigenvalue weighted by Gasteiger charge is 2.19. The second kappa shape index (κ2) is 5.01. The Balaban J connectivity index is 1.96. The number of nitrogen functional groups attached to an aromatic ring is 2. The summed E-state index contributed by atoms with van der Waals surface area (Å²) in [6.07, 6.45) is 3.48. The zero-order valence-corrected chi connectivity index (χ0v) is 11.4. The molecule has 7 nitrogen and oxygen atoms in total. The molecule has 1 aliphatic heterocycles. The molecular formula is C13H18N6O. The van der Waals surface area contributed by atoms with E-state index in [4.69, 9.17) is 16.2 Å². The second-order valence-corrected chi connectivity index (χ2v) is 4.90. The molecule has 7 heteroatoms. The van der Waals surface area contributed by atoms with E-state index in [2.05, 4.69) is 21.9 Å². The number of ether oxygens (including phenoxy) is 1. The molecular weight excluding hydrogens is 256 g/mol. The van der Waals surface area contributed by atoms with Gasteiger partial charge in [-0.1, -0.05) is 0 Å². The van der Waals surface area contributed by atoms with E-state index in [1.54, 1.807) is 23.1 Å². The van der Waals surface area contributed by atoms with Gasteiger partial charge in [-0.2, -0.15) is 5.10 Å². The molecule has 0 bridgehead atoms. The Bertz CT molecular complexity index is 611. The van der Waals surface area contributed by atoms with Gasteiger partial charge in [0, 0.05) is 25.2 Å². The molecule has 106 valence electrons. The normalized spacial score (nSPS) is 19.2. The average Bonchev–Trinajstić information content (AvgIpc) is 2.85. The lowest BCUT2D eigenvalue weighted by atomic mass is 10.2. The maximum atomic E-state index is 5.98. The molecule has 3 rings (SSSR count). The Morgan fingerprint density at radius 1 is 1.40 bits per heavy atom. The van der Waals surface area contributed by atoms with Crippen molar-refractivity contribution in [3.8, 4) is 5.69 Å². The largest absolute Gasteiger partial charge is 0.396 e. The van der Waals surface area contributed by atoms with E-state index in [0.29, 0.717) is 18.1 Å². The minimum Gasteiger partial charge on any atom is -0.396 e. The molecule has 1 aliphatic rings. The smallest absolute Gasteiger partial charge is 0.130 e. The minimum absolute atomic E-state index is 0.196. The van der Waals surface area contributed by atoms with E-state index in [1.807, 2.05) is 6.07 Å². The van der Waals surface area contributed by atoms with Crippen molar-refractivity contribution >= 4 is 17.3 Å². The van der Waals surface area contributed by atoms with Crippen LogP contribution in [0.2, 0.25) is 0 Å². The quantitative estimate of drug-likeness (QED) is 0.835. The molecule has 0 saturated carbocycles. The molecule has 4 N–H and O–H groups in total. The van der Waals surface area contributed by atoms with Gasteiger partial charge in [-0.15, -0.1) is 0 Å². The third-order valence-electron chi connectivity index (χ3n) is 3.36. The van der Waals surface area contributed by atoms with Crippen LogP contribution in [-0.2, 0) is 4.74 Å². The van der Waals surface area contributed by atoms with Gasteiger partial charge >= 0.3 is 0 Å². The van der Waals surface area contributed by atoms with Gasteiger partial charge in [0.1, 0.15) is 11.6 Å². The number of anilines is 3. The monoisotopic (exact) mass is 274 g/mol. The lowest BCUT2D eigenvalue weighted by Crippen LogP contribution is -2.41. The summed E-state index contributed by atoms with van der Waals surface area (Å²) >= 11 is 0. The van der Waals surface area contributed by atoms with E-state index in [9.17, 15) is 0 Å². The Morgan fingerprint density at radius 2 is 2.25 bits per heavy atom. The molecule has 1 fully saturated rings. The molecule has 2 aromatic heterocycles. The number of nitrogens with zero attached hydrogens (tertiary/aromatic N) is 4. The van der Waals surface area contributed by atoms with Gasteiger partial charge in [-0.3, -0.25) is 0 Å². The van der Waals surface area contributed by atoms with Gasteiger partial charge < -0.3 is 21.1 Å². The third-order valence-corrected chi connectivity index (χ3v) is 3.36. The number of nitrogens with two attached hydrogens (primary N) is 2. The second-order valence-electron chi connectivity index (χ2n) is 4.90. The molecule has 0 radical (unpaired) electrons. The molecule has 1 atom stereocenters. The highest BCUT2D eigenvalue weighted by molar-refractivity contribution is 5.63. The number of hydrogen-bond donors (Lipinski definition) is 2. The summed E-state index contributed by atoms with van der Waals surface area (Å²) in [6, 6.07) is 3.65. The topological polar surface area (TPSA) is 95.2 Å². The fraction of sp³-hybridized carbons (Fsp3) is 0.385. The van der Waals surface area contributed by atoms with E-state index < -0.39 is 0 Å². The van der Waals surface area contributed by atoms with Crippen molar-refractivity contribution in [2.75, 3.05) is 36.1 Å². The molecule has 20 heavy (non-hydrogen) atoms. The molecule has 1 saturated heterocycles. The van der Waals surface area contributed by atoms with Crippen molar-refractivity contribution in [1.82, 2.24) is 14.8 Å². The lowest BCUT2D eigenvalue weighted by molar-refractivity contribution is 0.0529.